The summed E-state index contributed by atoms with van der Waals surface area (Å²) in [5, 5.41) is 3.06. The maximum absolute atomic E-state index is 11.7. The van der Waals surface area contributed by atoms with E-state index in [9.17, 15) is 8.78 Å². The highest BCUT2D eigenvalue weighted by molar-refractivity contribution is 4.69. The Balaban J connectivity index is 3.59. The van der Waals surface area contributed by atoms with Gasteiger partial charge in [0.2, 0.25) is 0 Å². The Morgan fingerprint density at radius 2 is 1.92 bits per heavy atom. The van der Waals surface area contributed by atoms with Gasteiger partial charge in [-0.25, -0.2) is 8.78 Å². The second-order valence-electron chi connectivity index (χ2n) is 3.21. The second-order valence-corrected chi connectivity index (χ2v) is 3.21. The number of halogens is 2. The maximum atomic E-state index is 11.7. The lowest BCUT2D eigenvalue weighted by Gasteiger charge is -2.22. The highest BCUT2D eigenvalue weighted by atomic mass is 19.3. The van der Waals surface area contributed by atoms with Gasteiger partial charge in [0.15, 0.2) is 0 Å². The molecule has 0 aromatic heterocycles. The van der Waals surface area contributed by atoms with Gasteiger partial charge in [-0.1, -0.05) is 20.3 Å². The number of hydrogen-bond donors (Lipinski definition) is 1. The van der Waals surface area contributed by atoms with Crippen LogP contribution in [-0.2, 0) is 4.74 Å². The molecule has 0 aromatic rings. The average Bonchev–Trinajstić information content (AvgIpc) is 2.11. The molecule has 0 bridgehead atoms. The second kappa shape index (κ2) is 7.21. The lowest BCUT2D eigenvalue weighted by atomic mass is 10.0. The van der Waals surface area contributed by atoms with Crippen molar-refractivity contribution < 1.29 is 13.5 Å². The quantitative estimate of drug-likeness (QED) is 0.670. The van der Waals surface area contributed by atoms with Crippen LogP contribution in [0.3, 0.4) is 0 Å². The van der Waals surface area contributed by atoms with Gasteiger partial charge < -0.3 is 10.1 Å². The van der Waals surface area contributed by atoms with Crippen LogP contribution < -0.4 is 5.32 Å². The molecule has 0 saturated heterocycles. The van der Waals surface area contributed by atoms with Gasteiger partial charge in [-0.3, -0.25) is 0 Å². The molecule has 0 heterocycles. The van der Waals surface area contributed by atoms with Crippen LogP contribution in [0, 0.1) is 5.92 Å². The molecule has 0 saturated carbocycles. The summed E-state index contributed by atoms with van der Waals surface area (Å²) in [6.07, 6.45) is -1.35. The molecule has 0 amide bonds. The fourth-order valence-electron chi connectivity index (χ4n) is 1.10. The molecule has 0 rings (SSSR count). The van der Waals surface area contributed by atoms with Crippen LogP contribution in [0.1, 0.15) is 20.3 Å². The van der Waals surface area contributed by atoms with E-state index in [0.29, 0.717) is 12.5 Å². The van der Waals surface area contributed by atoms with Crippen molar-refractivity contribution in [2.45, 2.75) is 32.7 Å². The summed E-state index contributed by atoms with van der Waals surface area (Å²) in [4.78, 5) is 0. The summed E-state index contributed by atoms with van der Waals surface area (Å²) in [6, 6.07) is 0.170. The zero-order valence-electron chi connectivity index (χ0n) is 8.52. The van der Waals surface area contributed by atoms with Crippen molar-refractivity contribution in [3.8, 4) is 0 Å². The third-order valence-electron chi connectivity index (χ3n) is 2.24. The third kappa shape index (κ3) is 5.93. The van der Waals surface area contributed by atoms with E-state index in [1.807, 2.05) is 7.05 Å². The Hall–Kier alpha value is -0.220. The predicted molar refractivity (Wildman–Crippen MR) is 49.1 cm³/mol. The lowest BCUT2D eigenvalue weighted by Crippen LogP contribution is -2.36. The van der Waals surface area contributed by atoms with Gasteiger partial charge in [-0.05, 0) is 13.0 Å². The van der Waals surface area contributed by atoms with Crippen LogP contribution in [0.15, 0.2) is 0 Å². The van der Waals surface area contributed by atoms with Gasteiger partial charge in [-0.2, -0.15) is 0 Å². The molecule has 0 spiro atoms. The van der Waals surface area contributed by atoms with Crippen molar-refractivity contribution in [3.63, 3.8) is 0 Å². The molecule has 0 fully saturated rings. The topological polar surface area (TPSA) is 21.3 Å². The zero-order valence-corrected chi connectivity index (χ0v) is 8.52. The van der Waals surface area contributed by atoms with E-state index in [1.165, 1.54) is 0 Å². The van der Waals surface area contributed by atoms with Crippen LogP contribution in [-0.4, -0.2) is 32.7 Å². The molecular formula is C9H19F2NO. The van der Waals surface area contributed by atoms with Gasteiger partial charge in [0.1, 0.15) is 6.61 Å². The van der Waals surface area contributed by atoms with Gasteiger partial charge in [0, 0.05) is 6.04 Å². The van der Waals surface area contributed by atoms with Crippen LogP contribution in [0.5, 0.6) is 0 Å². The molecular weight excluding hydrogens is 176 g/mol. The van der Waals surface area contributed by atoms with Crippen LogP contribution in [0.2, 0.25) is 0 Å². The van der Waals surface area contributed by atoms with E-state index in [2.05, 4.69) is 19.2 Å². The molecule has 1 N–H and O–H groups in total. The molecule has 2 atom stereocenters. The largest absolute Gasteiger partial charge is 0.374 e. The Morgan fingerprint density at radius 3 is 2.31 bits per heavy atom. The number of likely N-dealkylation sites (N-methyl/N-ethyl adjacent to an activating group) is 1. The van der Waals surface area contributed by atoms with E-state index < -0.39 is 13.0 Å². The van der Waals surface area contributed by atoms with E-state index >= 15 is 0 Å². The lowest BCUT2D eigenvalue weighted by molar-refractivity contribution is 0.00484. The number of nitrogens with one attached hydrogen (secondary N) is 1. The predicted octanol–water partition coefficient (Wildman–Crippen LogP) is 1.90. The normalized spacial score (nSPS) is 16.2. The third-order valence-corrected chi connectivity index (χ3v) is 2.24. The van der Waals surface area contributed by atoms with Crippen molar-refractivity contribution in [2.75, 3.05) is 20.3 Å². The van der Waals surface area contributed by atoms with Gasteiger partial charge in [0.05, 0.1) is 6.61 Å². The smallest absolute Gasteiger partial charge is 0.261 e. The summed E-state index contributed by atoms with van der Waals surface area (Å²) in [6.45, 7) is 4.04. The fourth-order valence-corrected chi connectivity index (χ4v) is 1.10. The number of hydrogen-bond acceptors (Lipinski definition) is 2. The average molecular weight is 195 g/mol. The minimum atomic E-state index is -2.37. The first-order chi connectivity index (χ1) is 6.11. The number of alkyl halides is 2. The van der Waals surface area contributed by atoms with Crippen molar-refractivity contribution in [1.82, 2.24) is 5.32 Å². The summed E-state index contributed by atoms with van der Waals surface area (Å²) >= 11 is 0. The van der Waals surface area contributed by atoms with Crippen molar-refractivity contribution >= 4 is 0 Å². The summed E-state index contributed by atoms with van der Waals surface area (Å²) in [7, 11) is 1.82. The molecule has 13 heavy (non-hydrogen) atoms. The fraction of sp³-hybridized carbons (Fsp3) is 1.00. The highest BCUT2D eigenvalue weighted by Gasteiger charge is 2.14. The minimum absolute atomic E-state index is 0.170. The summed E-state index contributed by atoms with van der Waals surface area (Å²) in [5.41, 5.74) is 0. The molecule has 80 valence electrons. The molecule has 0 aromatic carbocycles. The molecule has 0 radical (unpaired) electrons. The molecule has 0 aliphatic heterocycles. The first kappa shape index (κ1) is 12.8. The van der Waals surface area contributed by atoms with Crippen molar-refractivity contribution in [3.05, 3.63) is 0 Å². The Kier molecular flexibility index (Phi) is 7.09. The highest BCUT2D eigenvalue weighted by Crippen LogP contribution is 2.07. The molecule has 0 aliphatic carbocycles. The summed E-state index contributed by atoms with van der Waals surface area (Å²) < 4.78 is 28.3. The first-order valence-corrected chi connectivity index (χ1v) is 4.64. The standard InChI is InChI=1S/C9H19F2NO/c1-4-7(2)8(12-3)5-13-6-9(10)11/h7-9,12H,4-6H2,1-3H3. The van der Waals surface area contributed by atoms with Crippen molar-refractivity contribution in [2.24, 2.45) is 5.92 Å². The Morgan fingerprint density at radius 1 is 1.31 bits per heavy atom. The van der Waals surface area contributed by atoms with Crippen molar-refractivity contribution in [1.29, 1.82) is 0 Å². The molecule has 2 unspecified atom stereocenters. The minimum Gasteiger partial charge on any atom is -0.374 e. The Labute approximate surface area is 78.7 Å². The van der Waals surface area contributed by atoms with E-state index in [4.69, 9.17) is 4.74 Å². The first-order valence-electron chi connectivity index (χ1n) is 4.64. The molecule has 4 heteroatoms. The van der Waals surface area contributed by atoms with E-state index in [-0.39, 0.29) is 6.04 Å². The maximum Gasteiger partial charge on any atom is 0.261 e. The van der Waals surface area contributed by atoms with E-state index in [1.54, 1.807) is 0 Å². The molecule has 2 nitrogen and oxygen atoms in total. The SMILES string of the molecule is CCC(C)C(COCC(F)F)NC. The zero-order chi connectivity index (χ0) is 10.3. The van der Waals surface area contributed by atoms with Crippen LogP contribution in [0.25, 0.3) is 0 Å². The summed E-state index contributed by atoms with van der Waals surface area (Å²) in [5.74, 6) is 0.447. The van der Waals surface area contributed by atoms with Gasteiger partial charge >= 0.3 is 0 Å². The monoisotopic (exact) mass is 195 g/mol. The number of rotatable bonds is 7. The Bertz CT molecular complexity index is 122. The van der Waals surface area contributed by atoms with Crippen LogP contribution in [0.4, 0.5) is 8.78 Å². The van der Waals surface area contributed by atoms with E-state index in [0.717, 1.165) is 6.42 Å². The van der Waals surface area contributed by atoms with Gasteiger partial charge in [-0.15, -0.1) is 0 Å². The molecule has 0 aliphatic rings. The number of ether oxygens (including phenoxy) is 1. The van der Waals surface area contributed by atoms with Crippen LogP contribution >= 0.6 is 0 Å². The van der Waals surface area contributed by atoms with Gasteiger partial charge in [0.25, 0.3) is 6.43 Å².